The summed E-state index contributed by atoms with van der Waals surface area (Å²) < 4.78 is 13.4. The minimum absolute atomic E-state index is 0.0718. The van der Waals surface area contributed by atoms with Crippen LogP contribution in [0.15, 0.2) is 12.1 Å². The summed E-state index contributed by atoms with van der Waals surface area (Å²) in [5.74, 6) is -0.247. The fourth-order valence-corrected chi connectivity index (χ4v) is 2.91. The van der Waals surface area contributed by atoms with Gasteiger partial charge in [0.1, 0.15) is 5.82 Å². The van der Waals surface area contributed by atoms with E-state index in [0.717, 1.165) is 18.4 Å². The van der Waals surface area contributed by atoms with Crippen molar-refractivity contribution in [3.8, 4) is 0 Å². The summed E-state index contributed by atoms with van der Waals surface area (Å²) in [5.41, 5.74) is 0.805. The second-order valence-electron chi connectivity index (χ2n) is 3.88. The molecule has 0 amide bonds. The second kappa shape index (κ2) is 6.23. The van der Waals surface area contributed by atoms with Crippen LogP contribution < -0.4 is 0 Å². The maximum atomic E-state index is 13.4. The van der Waals surface area contributed by atoms with Gasteiger partial charge in [-0.25, -0.2) is 4.39 Å². The van der Waals surface area contributed by atoms with E-state index in [1.54, 1.807) is 0 Å². The molecule has 0 fully saturated rings. The summed E-state index contributed by atoms with van der Waals surface area (Å²) in [7, 11) is 0. The van der Waals surface area contributed by atoms with Gasteiger partial charge in [-0.2, -0.15) is 0 Å². The van der Waals surface area contributed by atoms with Gasteiger partial charge < -0.3 is 0 Å². The normalized spacial score (nSPS) is 14.9. The molecule has 1 rings (SSSR count). The van der Waals surface area contributed by atoms with Crippen LogP contribution in [0.3, 0.4) is 0 Å². The van der Waals surface area contributed by atoms with Crippen molar-refractivity contribution in [1.82, 2.24) is 0 Å². The van der Waals surface area contributed by atoms with Gasteiger partial charge in [0.2, 0.25) is 0 Å². The Morgan fingerprint density at radius 2 is 1.94 bits per heavy atom. The topological polar surface area (TPSA) is 0 Å². The van der Waals surface area contributed by atoms with Crippen LogP contribution in [0.2, 0.25) is 10.0 Å². The molecule has 0 bridgehead atoms. The van der Waals surface area contributed by atoms with Crippen molar-refractivity contribution in [3.05, 3.63) is 33.6 Å². The minimum atomic E-state index is -0.413. The quantitative estimate of drug-likeness (QED) is 0.484. The molecule has 0 saturated heterocycles. The predicted octanol–water partition coefficient (Wildman–Crippen LogP) is 5.80. The van der Waals surface area contributed by atoms with Crippen LogP contribution in [0.5, 0.6) is 0 Å². The van der Waals surface area contributed by atoms with Crippen molar-refractivity contribution in [2.45, 2.75) is 37.4 Å². The van der Waals surface area contributed by atoms with E-state index < -0.39 is 5.82 Å². The summed E-state index contributed by atoms with van der Waals surface area (Å²) in [6.07, 6.45) is 2.11. The van der Waals surface area contributed by atoms with Crippen LogP contribution in [0.4, 0.5) is 4.39 Å². The van der Waals surface area contributed by atoms with Crippen LogP contribution in [-0.4, -0.2) is 4.83 Å². The van der Waals surface area contributed by atoms with Crippen LogP contribution in [0.25, 0.3) is 0 Å². The molecule has 1 aromatic carbocycles. The Labute approximate surface area is 114 Å². The summed E-state index contributed by atoms with van der Waals surface area (Å²) in [4.78, 5) is 0.301. The highest BCUT2D eigenvalue weighted by atomic mass is 79.9. The molecule has 2 atom stereocenters. The molecule has 0 saturated carbocycles. The van der Waals surface area contributed by atoms with E-state index in [1.807, 2.05) is 6.92 Å². The Balaban J connectivity index is 2.99. The van der Waals surface area contributed by atoms with Gasteiger partial charge in [0.25, 0.3) is 0 Å². The molecule has 16 heavy (non-hydrogen) atoms. The van der Waals surface area contributed by atoms with Crippen LogP contribution >= 0.6 is 39.1 Å². The molecule has 0 spiro atoms. The highest BCUT2D eigenvalue weighted by molar-refractivity contribution is 9.09. The molecule has 0 aliphatic heterocycles. The van der Waals surface area contributed by atoms with Crippen molar-refractivity contribution >= 4 is 39.1 Å². The highest BCUT2D eigenvalue weighted by Gasteiger charge is 2.19. The largest absolute Gasteiger partial charge is 0.205 e. The average Bonchev–Trinajstić information content (AvgIpc) is 2.23. The Morgan fingerprint density at radius 3 is 2.50 bits per heavy atom. The van der Waals surface area contributed by atoms with Gasteiger partial charge >= 0.3 is 0 Å². The SMILES string of the molecule is CCCC(Br)C(C)c1cc(F)c(Cl)cc1Cl. The fourth-order valence-electron chi connectivity index (χ4n) is 1.61. The van der Waals surface area contributed by atoms with Crippen molar-refractivity contribution in [3.63, 3.8) is 0 Å². The molecule has 0 aliphatic rings. The lowest BCUT2D eigenvalue weighted by Crippen LogP contribution is -2.09. The number of halogens is 4. The molecule has 0 aliphatic carbocycles. The standard InChI is InChI=1S/C12H14BrCl2F/c1-3-4-9(13)7(2)8-5-12(16)11(15)6-10(8)14/h5-7,9H,3-4H2,1-2H3. The zero-order chi connectivity index (χ0) is 12.3. The lowest BCUT2D eigenvalue weighted by Gasteiger charge is -2.19. The molecule has 0 nitrogen and oxygen atoms in total. The maximum Gasteiger partial charge on any atom is 0.142 e. The smallest absolute Gasteiger partial charge is 0.142 e. The van der Waals surface area contributed by atoms with Crippen LogP contribution in [-0.2, 0) is 0 Å². The van der Waals surface area contributed by atoms with Gasteiger partial charge in [-0.15, -0.1) is 0 Å². The summed E-state index contributed by atoms with van der Waals surface area (Å²) in [6.45, 7) is 4.15. The van der Waals surface area contributed by atoms with Crippen molar-refractivity contribution in [2.24, 2.45) is 0 Å². The molecule has 0 heterocycles. The minimum Gasteiger partial charge on any atom is -0.205 e. The number of rotatable bonds is 4. The molecule has 1 aromatic rings. The maximum absolute atomic E-state index is 13.4. The van der Waals surface area contributed by atoms with Gasteiger partial charge in [-0.05, 0) is 30.0 Å². The number of benzene rings is 1. The molecule has 0 N–H and O–H groups in total. The number of alkyl halides is 1. The van der Waals surface area contributed by atoms with Crippen LogP contribution in [0.1, 0.15) is 38.2 Å². The van der Waals surface area contributed by atoms with E-state index in [0.29, 0.717) is 9.85 Å². The molecule has 0 aromatic heterocycles. The van der Waals surface area contributed by atoms with Crippen LogP contribution in [0, 0.1) is 5.82 Å². The summed E-state index contributed by atoms with van der Waals surface area (Å²) in [6, 6.07) is 2.90. The van der Waals surface area contributed by atoms with Gasteiger partial charge in [0.05, 0.1) is 5.02 Å². The molecular weight excluding hydrogens is 314 g/mol. The Kier molecular flexibility index (Phi) is 5.55. The van der Waals surface area contributed by atoms with Crippen molar-refractivity contribution in [2.75, 3.05) is 0 Å². The van der Waals surface area contributed by atoms with E-state index in [4.69, 9.17) is 23.2 Å². The van der Waals surface area contributed by atoms with Gasteiger partial charge in [0, 0.05) is 9.85 Å². The second-order valence-corrected chi connectivity index (χ2v) is 5.87. The fraction of sp³-hybridized carbons (Fsp3) is 0.500. The Bertz CT molecular complexity index is 368. The van der Waals surface area contributed by atoms with Gasteiger partial charge in [-0.1, -0.05) is 59.4 Å². The number of hydrogen-bond donors (Lipinski definition) is 0. The van der Waals surface area contributed by atoms with E-state index in [-0.39, 0.29) is 10.9 Å². The highest BCUT2D eigenvalue weighted by Crippen LogP contribution is 2.34. The first kappa shape index (κ1) is 14.3. The average molecular weight is 328 g/mol. The van der Waals surface area contributed by atoms with Crippen molar-refractivity contribution < 1.29 is 4.39 Å². The lowest BCUT2D eigenvalue weighted by atomic mass is 9.95. The molecule has 2 unspecified atom stereocenters. The lowest BCUT2D eigenvalue weighted by molar-refractivity contribution is 0.612. The molecule has 0 radical (unpaired) electrons. The summed E-state index contributed by atoms with van der Waals surface area (Å²) in [5, 5.41) is 0.599. The third kappa shape index (κ3) is 3.35. The van der Waals surface area contributed by atoms with E-state index in [2.05, 4.69) is 22.9 Å². The van der Waals surface area contributed by atoms with Gasteiger partial charge in [-0.3, -0.25) is 0 Å². The molecule has 90 valence electrons. The zero-order valence-electron chi connectivity index (χ0n) is 9.24. The monoisotopic (exact) mass is 326 g/mol. The van der Waals surface area contributed by atoms with Crippen molar-refractivity contribution in [1.29, 1.82) is 0 Å². The molecule has 4 heteroatoms. The zero-order valence-corrected chi connectivity index (χ0v) is 12.3. The first-order chi connectivity index (χ1) is 7.47. The molecular formula is C12H14BrCl2F. The number of hydrogen-bond acceptors (Lipinski definition) is 0. The Hall–Kier alpha value is 0.210. The third-order valence-electron chi connectivity index (χ3n) is 2.64. The first-order valence-corrected chi connectivity index (χ1v) is 6.93. The van der Waals surface area contributed by atoms with Gasteiger partial charge in [0.15, 0.2) is 0 Å². The first-order valence-electron chi connectivity index (χ1n) is 5.25. The predicted molar refractivity (Wildman–Crippen MR) is 72.5 cm³/mol. The Morgan fingerprint density at radius 1 is 1.31 bits per heavy atom. The van der Waals surface area contributed by atoms with E-state index in [1.165, 1.54) is 12.1 Å². The summed E-state index contributed by atoms with van der Waals surface area (Å²) >= 11 is 15.3. The van der Waals surface area contributed by atoms with E-state index in [9.17, 15) is 4.39 Å². The van der Waals surface area contributed by atoms with E-state index >= 15 is 0 Å². The third-order valence-corrected chi connectivity index (χ3v) is 4.50.